The van der Waals surface area contributed by atoms with E-state index in [1.165, 1.54) is 24.4 Å². The Bertz CT molecular complexity index is 1550. The van der Waals surface area contributed by atoms with Crippen LogP contribution >= 0.6 is 0 Å². The average molecular weight is 534 g/mol. The van der Waals surface area contributed by atoms with Crippen molar-refractivity contribution in [2.75, 3.05) is 11.6 Å². The van der Waals surface area contributed by atoms with E-state index in [0.717, 1.165) is 40.3 Å². The molecule has 0 saturated carbocycles. The van der Waals surface area contributed by atoms with E-state index in [4.69, 9.17) is 9.84 Å². The number of hydrogen-bond donors (Lipinski definition) is 1. The summed E-state index contributed by atoms with van der Waals surface area (Å²) in [5.41, 5.74) is 6.90. The second kappa shape index (κ2) is 12.0. The summed E-state index contributed by atoms with van der Waals surface area (Å²) in [4.78, 5) is 23.0. The monoisotopic (exact) mass is 533 g/mol. The number of amides is 1. The Kier molecular flexibility index (Phi) is 7.92. The number of para-hydroxylation sites is 1. The molecule has 1 N–H and O–H groups in total. The zero-order valence-electron chi connectivity index (χ0n) is 21.8. The predicted octanol–water partition coefficient (Wildman–Crippen LogP) is 6.11. The second-order valence-corrected chi connectivity index (χ2v) is 9.04. The van der Waals surface area contributed by atoms with Gasteiger partial charge in [0.05, 0.1) is 35.2 Å². The molecule has 0 aromatic heterocycles. The Morgan fingerprint density at radius 2 is 1.73 bits per heavy atom. The first-order valence-corrected chi connectivity index (χ1v) is 12.8. The number of nitrogens with zero attached hydrogens (tertiary/aromatic N) is 4. The maximum absolute atomic E-state index is 12.4. The molecule has 9 heteroatoms. The molecule has 1 atom stereocenters. The Balaban J connectivity index is 1.34. The van der Waals surface area contributed by atoms with Crippen molar-refractivity contribution in [3.8, 4) is 5.75 Å². The van der Waals surface area contributed by atoms with Gasteiger partial charge in [0.1, 0.15) is 11.3 Å². The lowest BCUT2D eigenvalue weighted by molar-refractivity contribution is -0.385. The molecular formula is C31H27N5O4. The zero-order chi connectivity index (χ0) is 27.9. The first kappa shape index (κ1) is 26.3. The average Bonchev–Trinajstić information content (AvgIpc) is 3.44. The van der Waals surface area contributed by atoms with Crippen LogP contribution < -0.4 is 15.2 Å². The van der Waals surface area contributed by atoms with Crippen molar-refractivity contribution in [2.45, 2.75) is 19.4 Å². The zero-order valence-corrected chi connectivity index (χ0v) is 21.8. The highest BCUT2D eigenvalue weighted by molar-refractivity contribution is 6.03. The molecule has 9 nitrogen and oxygen atoms in total. The standard InChI is InChI=1S/C31H27N5O4/c1-2-40-26-18-14-24(15-19-26)30-20-28(23-8-4-3-5-9-23)34-35(30)25-16-12-22(13-17-25)21-32-33-31(37)27-10-6-7-11-29(27)36(38)39/h3-19,21,30H,2,20H2,1H3,(H,33,37). The molecular weight excluding hydrogens is 506 g/mol. The van der Waals surface area contributed by atoms with Crippen molar-refractivity contribution in [3.05, 3.63) is 135 Å². The first-order chi connectivity index (χ1) is 19.5. The normalized spacial score (nSPS) is 14.7. The number of ether oxygens (including phenoxy) is 1. The van der Waals surface area contributed by atoms with Crippen LogP contribution in [0.1, 0.15) is 46.4 Å². The lowest BCUT2D eigenvalue weighted by atomic mass is 9.98. The van der Waals surface area contributed by atoms with E-state index in [-0.39, 0.29) is 17.3 Å². The number of carbonyl (C=O) groups excluding carboxylic acids is 1. The van der Waals surface area contributed by atoms with Crippen LogP contribution in [0.2, 0.25) is 0 Å². The van der Waals surface area contributed by atoms with Crippen LogP contribution in [0.5, 0.6) is 5.75 Å². The van der Waals surface area contributed by atoms with Gasteiger partial charge in [-0.15, -0.1) is 0 Å². The van der Waals surface area contributed by atoms with Gasteiger partial charge in [-0.05, 0) is 53.9 Å². The van der Waals surface area contributed by atoms with Gasteiger partial charge in [-0.1, -0.05) is 66.7 Å². The Labute approximate surface area is 231 Å². The van der Waals surface area contributed by atoms with E-state index in [9.17, 15) is 14.9 Å². The fraction of sp³-hybridized carbons (Fsp3) is 0.129. The molecule has 1 aliphatic rings. The van der Waals surface area contributed by atoms with Crippen LogP contribution in [0.15, 0.2) is 113 Å². The summed E-state index contributed by atoms with van der Waals surface area (Å²) in [6.07, 6.45) is 2.24. The van der Waals surface area contributed by atoms with Crippen LogP contribution in [0.3, 0.4) is 0 Å². The number of hydrazone groups is 2. The summed E-state index contributed by atoms with van der Waals surface area (Å²) in [6, 6.07) is 31.6. The number of nitrogens with one attached hydrogen (secondary N) is 1. The second-order valence-electron chi connectivity index (χ2n) is 9.04. The molecule has 1 heterocycles. The molecule has 40 heavy (non-hydrogen) atoms. The van der Waals surface area contributed by atoms with Gasteiger partial charge in [0.25, 0.3) is 11.6 Å². The van der Waals surface area contributed by atoms with Crippen molar-refractivity contribution < 1.29 is 14.5 Å². The number of hydrogen-bond acceptors (Lipinski definition) is 7. The third kappa shape index (κ3) is 5.88. The topological polar surface area (TPSA) is 109 Å². The number of carbonyl (C=O) groups is 1. The minimum Gasteiger partial charge on any atom is -0.494 e. The molecule has 4 aromatic rings. The van der Waals surface area contributed by atoms with Crippen LogP contribution in [-0.2, 0) is 0 Å². The summed E-state index contributed by atoms with van der Waals surface area (Å²) in [7, 11) is 0. The third-order valence-corrected chi connectivity index (χ3v) is 6.48. The van der Waals surface area contributed by atoms with E-state index in [1.54, 1.807) is 6.07 Å². The van der Waals surface area contributed by atoms with Crippen molar-refractivity contribution in [1.29, 1.82) is 0 Å². The van der Waals surface area contributed by atoms with Crippen molar-refractivity contribution >= 4 is 29.2 Å². The number of nitro benzene ring substituents is 1. The number of rotatable bonds is 9. The Morgan fingerprint density at radius 3 is 2.42 bits per heavy atom. The SMILES string of the molecule is CCOc1ccc(C2CC(c3ccccc3)=NN2c2ccc(C=NNC(=O)c3ccccc3[N+](=O)[O-])cc2)cc1. The van der Waals surface area contributed by atoms with Gasteiger partial charge in [-0.2, -0.15) is 10.2 Å². The highest BCUT2D eigenvalue weighted by Crippen LogP contribution is 2.37. The van der Waals surface area contributed by atoms with Crippen LogP contribution in [0.4, 0.5) is 11.4 Å². The predicted molar refractivity (Wildman–Crippen MR) is 155 cm³/mol. The maximum Gasteiger partial charge on any atom is 0.282 e. The van der Waals surface area contributed by atoms with Gasteiger partial charge in [0, 0.05) is 12.5 Å². The number of nitro groups is 1. The molecule has 0 fully saturated rings. The molecule has 1 unspecified atom stereocenters. The van der Waals surface area contributed by atoms with Gasteiger partial charge in [0.2, 0.25) is 0 Å². The largest absolute Gasteiger partial charge is 0.494 e. The fourth-order valence-corrected chi connectivity index (χ4v) is 4.53. The number of anilines is 1. The summed E-state index contributed by atoms with van der Waals surface area (Å²) < 4.78 is 5.62. The van der Waals surface area contributed by atoms with Crippen LogP contribution in [-0.4, -0.2) is 29.4 Å². The quantitative estimate of drug-likeness (QED) is 0.159. The minimum atomic E-state index is -0.654. The molecule has 0 aliphatic carbocycles. The van der Waals surface area contributed by atoms with Crippen LogP contribution in [0.25, 0.3) is 0 Å². The Hall–Kier alpha value is -5.31. The molecule has 1 amide bonds. The molecule has 0 radical (unpaired) electrons. The van der Waals surface area contributed by atoms with Gasteiger partial charge >= 0.3 is 0 Å². The first-order valence-electron chi connectivity index (χ1n) is 12.8. The highest BCUT2D eigenvalue weighted by atomic mass is 16.6. The summed E-state index contributed by atoms with van der Waals surface area (Å²) in [5.74, 6) is 0.177. The lowest BCUT2D eigenvalue weighted by Crippen LogP contribution is -2.19. The minimum absolute atomic E-state index is 0.00588. The smallest absolute Gasteiger partial charge is 0.282 e. The van der Waals surface area contributed by atoms with E-state index in [0.29, 0.717) is 6.61 Å². The van der Waals surface area contributed by atoms with E-state index in [2.05, 4.69) is 34.8 Å². The van der Waals surface area contributed by atoms with Crippen LogP contribution in [0, 0.1) is 10.1 Å². The van der Waals surface area contributed by atoms with Crippen molar-refractivity contribution in [1.82, 2.24) is 5.43 Å². The lowest BCUT2D eigenvalue weighted by Gasteiger charge is -2.24. The molecule has 0 spiro atoms. The van der Waals surface area contributed by atoms with Crippen molar-refractivity contribution in [2.24, 2.45) is 10.2 Å². The van der Waals surface area contributed by atoms with Gasteiger partial charge in [-0.3, -0.25) is 19.9 Å². The highest BCUT2D eigenvalue weighted by Gasteiger charge is 2.30. The molecule has 1 aliphatic heterocycles. The van der Waals surface area contributed by atoms with Crippen molar-refractivity contribution in [3.63, 3.8) is 0 Å². The fourth-order valence-electron chi connectivity index (χ4n) is 4.53. The summed E-state index contributed by atoms with van der Waals surface area (Å²) >= 11 is 0. The van der Waals surface area contributed by atoms with Gasteiger partial charge in [0.15, 0.2) is 0 Å². The molecule has 4 aromatic carbocycles. The summed E-state index contributed by atoms with van der Waals surface area (Å²) in [6.45, 7) is 2.58. The number of benzene rings is 4. The van der Waals surface area contributed by atoms with Gasteiger partial charge in [-0.25, -0.2) is 5.43 Å². The van der Waals surface area contributed by atoms with E-state index < -0.39 is 10.8 Å². The Morgan fingerprint density at radius 1 is 1.02 bits per heavy atom. The van der Waals surface area contributed by atoms with E-state index in [1.807, 2.05) is 66.5 Å². The molecule has 200 valence electrons. The molecule has 0 bridgehead atoms. The van der Waals surface area contributed by atoms with E-state index >= 15 is 0 Å². The maximum atomic E-state index is 12.4. The molecule has 0 saturated heterocycles. The third-order valence-electron chi connectivity index (χ3n) is 6.48. The van der Waals surface area contributed by atoms with Gasteiger partial charge < -0.3 is 4.74 Å². The summed E-state index contributed by atoms with van der Waals surface area (Å²) in [5, 5.41) is 22.2. The molecule has 5 rings (SSSR count).